The first-order valence-electron chi connectivity index (χ1n) is 10.4. The van der Waals surface area contributed by atoms with Crippen molar-refractivity contribution < 1.29 is 27.8 Å². The van der Waals surface area contributed by atoms with Gasteiger partial charge < -0.3 is 19.7 Å². The molecule has 0 bridgehead atoms. The highest BCUT2D eigenvalue weighted by Gasteiger charge is 2.31. The van der Waals surface area contributed by atoms with E-state index in [-0.39, 0.29) is 11.3 Å². The highest BCUT2D eigenvalue weighted by atomic mass is 19.4. The number of carboxylic acids is 1. The molecule has 0 spiro atoms. The van der Waals surface area contributed by atoms with Crippen molar-refractivity contribution in [1.82, 2.24) is 19.7 Å². The van der Waals surface area contributed by atoms with Crippen molar-refractivity contribution in [1.29, 1.82) is 0 Å². The number of aromatic carboxylic acids is 1. The fourth-order valence-electron chi connectivity index (χ4n) is 4.15. The summed E-state index contributed by atoms with van der Waals surface area (Å²) in [7, 11) is 3.50. The van der Waals surface area contributed by atoms with Crippen LogP contribution in [0.3, 0.4) is 0 Å². The van der Waals surface area contributed by atoms with E-state index in [0.717, 1.165) is 10.9 Å². The number of alkyl halides is 3. The number of fused-ring (bicyclic) bond motifs is 2. The number of hydrogen-bond donors (Lipinski definition) is 2. The van der Waals surface area contributed by atoms with Gasteiger partial charge in [-0.1, -0.05) is 18.2 Å². The van der Waals surface area contributed by atoms with Gasteiger partial charge in [-0.2, -0.15) is 5.10 Å². The van der Waals surface area contributed by atoms with Crippen LogP contribution in [-0.4, -0.2) is 44.2 Å². The van der Waals surface area contributed by atoms with E-state index in [4.69, 9.17) is 0 Å². The van der Waals surface area contributed by atoms with Crippen LogP contribution < -0.4 is 9.64 Å². The van der Waals surface area contributed by atoms with Gasteiger partial charge >= 0.3 is 12.3 Å². The minimum absolute atomic E-state index is 0.0999. The van der Waals surface area contributed by atoms with Gasteiger partial charge in [0.2, 0.25) is 0 Å². The van der Waals surface area contributed by atoms with Crippen LogP contribution in [0, 0.1) is 0 Å². The average molecular weight is 481 g/mol. The first kappa shape index (κ1) is 22.3. The van der Waals surface area contributed by atoms with Crippen molar-refractivity contribution in [2.45, 2.75) is 6.36 Å². The number of anilines is 2. The Hall–Kier alpha value is -4.54. The molecule has 3 heterocycles. The molecule has 3 aromatic heterocycles. The summed E-state index contributed by atoms with van der Waals surface area (Å²) in [4.78, 5) is 20.7. The number of hydrogen-bond acceptors (Lipinski definition) is 5. The van der Waals surface area contributed by atoms with E-state index in [1.54, 1.807) is 35.8 Å². The van der Waals surface area contributed by atoms with E-state index >= 15 is 0 Å². The van der Waals surface area contributed by atoms with Crippen LogP contribution in [-0.2, 0) is 7.05 Å². The minimum Gasteiger partial charge on any atom is -0.478 e. The number of carboxylic acid groups (broad SMARTS) is 1. The maximum absolute atomic E-state index is 12.7. The Balaban J connectivity index is 1.61. The highest BCUT2D eigenvalue weighted by molar-refractivity contribution is 6.05. The Labute approximate surface area is 196 Å². The third-order valence-electron chi connectivity index (χ3n) is 5.65. The number of benzene rings is 2. The van der Waals surface area contributed by atoms with Gasteiger partial charge in [-0.3, -0.25) is 9.67 Å². The van der Waals surface area contributed by atoms with E-state index in [1.165, 1.54) is 30.5 Å². The maximum Gasteiger partial charge on any atom is 0.573 e. The van der Waals surface area contributed by atoms with Crippen LogP contribution >= 0.6 is 0 Å². The molecular weight excluding hydrogens is 463 g/mol. The average Bonchev–Trinajstić information content (AvgIpc) is 3.38. The maximum atomic E-state index is 12.7. The van der Waals surface area contributed by atoms with Gasteiger partial charge in [-0.05, 0) is 30.3 Å². The monoisotopic (exact) mass is 481 g/mol. The largest absolute Gasteiger partial charge is 0.573 e. The molecule has 0 unspecified atom stereocenters. The van der Waals surface area contributed by atoms with Crippen LogP contribution in [0.1, 0.15) is 10.4 Å². The molecule has 0 amide bonds. The molecule has 5 aromatic rings. The molecule has 0 aliphatic carbocycles. The summed E-state index contributed by atoms with van der Waals surface area (Å²) >= 11 is 0. The Morgan fingerprint density at radius 1 is 1.14 bits per heavy atom. The Morgan fingerprint density at radius 3 is 2.66 bits per heavy atom. The molecule has 0 aliphatic heterocycles. The number of aryl methyl sites for hydroxylation is 1. The molecule has 35 heavy (non-hydrogen) atoms. The molecule has 5 rings (SSSR count). The molecule has 178 valence electrons. The number of H-pyrrole nitrogens is 1. The SMILES string of the molecule is CN(c1cccc(OC(F)(F)F)c1)c1cccc2c(-c3cc4nccc(C(=O)O)c4[nH]3)nn(C)c12. The molecular formula is C24H18F3N5O3. The lowest BCUT2D eigenvalue weighted by atomic mass is 10.1. The lowest BCUT2D eigenvalue weighted by molar-refractivity contribution is -0.274. The van der Waals surface area contributed by atoms with E-state index < -0.39 is 12.3 Å². The Bertz CT molecular complexity index is 1590. The summed E-state index contributed by atoms with van der Waals surface area (Å²) < 4.78 is 43.8. The molecule has 2 aromatic carbocycles. The first-order chi connectivity index (χ1) is 16.6. The minimum atomic E-state index is -4.79. The standard InChI is InChI=1S/C24H18F3N5O3/c1-31(13-5-3-6-14(11-13)35-24(25,26)27)19-8-4-7-15-21(30-32(2)22(15)19)18-12-17-20(29-18)16(23(33)34)9-10-28-17/h3-12,29H,1-2H3,(H,33,34). The van der Waals surface area contributed by atoms with Crippen molar-refractivity contribution in [2.75, 3.05) is 11.9 Å². The van der Waals surface area contributed by atoms with Gasteiger partial charge in [0.1, 0.15) is 11.4 Å². The molecule has 2 N–H and O–H groups in total. The smallest absolute Gasteiger partial charge is 0.478 e. The number of halogens is 3. The molecule has 0 fully saturated rings. The normalized spacial score (nSPS) is 11.8. The zero-order valence-corrected chi connectivity index (χ0v) is 18.5. The number of aromatic nitrogens is 4. The van der Waals surface area contributed by atoms with E-state index in [1.807, 2.05) is 18.2 Å². The second kappa shape index (κ2) is 8.05. The van der Waals surface area contributed by atoms with Gasteiger partial charge in [0, 0.05) is 37.4 Å². The molecule has 0 atom stereocenters. The lowest BCUT2D eigenvalue weighted by Crippen LogP contribution is -2.17. The number of rotatable bonds is 5. The van der Waals surface area contributed by atoms with E-state index in [2.05, 4.69) is 19.8 Å². The van der Waals surface area contributed by atoms with Gasteiger partial charge in [-0.25, -0.2) is 4.79 Å². The predicted molar refractivity (Wildman–Crippen MR) is 124 cm³/mol. The Kier molecular flexibility index (Phi) is 5.12. The quantitative estimate of drug-likeness (QED) is 0.345. The van der Waals surface area contributed by atoms with Crippen LogP contribution in [0.25, 0.3) is 33.3 Å². The Morgan fingerprint density at radius 2 is 1.91 bits per heavy atom. The summed E-state index contributed by atoms with van der Waals surface area (Å²) in [6.07, 6.45) is -3.35. The third-order valence-corrected chi connectivity index (χ3v) is 5.65. The zero-order valence-electron chi connectivity index (χ0n) is 18.5. The number of carbonyl (C=O) groups is 1. The van der Waals surface area contributed by atoms with Gasteiger partial charge in [0.05, 0.1) is 33.5 Å². The number of ether oxygens (including phenoxy) is 1. The summed E-state index contributed by atoms with van der Waals surface area (Å²) in [6.45, 7) is 0. The second-order valence-corrected chi connectivity index (χ2v) is 7.86. The van der Waals surface area contributed by atoms with Gasteiger partial charge in [0.25, 0.3) is 0 Å². The van der Waals surface area contributed by atoms with Crippen molar-refractivity contribution in [2.24, 2.45) is 7.05 Å². The first-order valence-corrected chi connectivity index (χ1v) is 10.4. The van der Waals surface area contributed by atoms with Crippen molar-refractivity contribution in [3.05, 3.63) is 66.4 Å². The molecule has 0 radical (unpaired) electrons. The lowest BCUT2D eigenvalue weighted by Gasteiger charge is -2.21. The molecule has 8 nitrogen and oxygen atoms in total. The summed E-state index contributed by atoms with van der Waals surface area (Å²) in [6, 6.07) is 14.4. The van der Waals surface area contributed by atoms with E-state index in [0.29, 0.717) is 33.8 Å². The number of nitrogens with zero attached hydrogens (tertiary/aromatic N) is 4. The van der Waals surface area contributed by atoms with E-state index in [9.17, 15) is 23.1 Å². The third kappa shape index (κ3) is 4.01. The summed E-state index contributed by atoms with van der Waals surface area (Å²) in [5.74, 6) is -1.39. The highest BCUT2D eigenvalue weighted by Crippen LogP contribution is 2.37. The fraction of sp³-hybridized carbons (Fsp3) is 0.125. The van der Waals surface area contributed by atoms with Crippen molar-refractivity contribution >= 4 is 39.3 Å². The summed E-state index contributed by atoms with van der Waals surface area (Å²) in [5.41, 5.74) is 4.08. The summed E-state index contributed by atoms with van der Waals surface area (Å²) in [5, 5.41) is 14.9. The fourth-order valence-corrected chi connectivity index (χ4v) is 4.15. The number of para-hydroxylation sites is 1. The molecule has 11 heteroatoms. The molecule has 0 saturated heterocycles. The van der Waals surface area contributed by atoms with Crippen LogP contribution in [0.5, 0.6) is 5.75 Å². The van der Waals surface area contributed by atoms with Crippen LogP contribution in [0.4, 0.5) is 24.5 Å². The predicted octanol–water partition coefficient (Wildman–Crippen LogP) is 5.48. The molecule has 0 aliphatic rings. The number of nitrogens with one attached hydrogen (secondary N) is 1. The number of pyridine rings is 1. The second-order valence-electron chi connectivity index (χ2n) is 7.86. The van der Waals surface area contributed by atoms with Crippen LogP contribution in [0.2, 0.25) is 0 Å². The van der Waals surface area contributed by atoms with Gasteiger partial charge in [0.15, 0.2) is 0 Å². The van der Waals surface area contributed by atoms with Crippen LogP contribution in [0.15, 0.2) is 60.8 Å². The van der Waals surface area contributed by atoms with Gasteiger partial charge in [-0.15, -0.1) is 13.2 Å². The van der Waals surface area contributed by atoms with Crippen molar-refractivity contribution in [3.8, 4) is 17.1 Å². The molecule has 0 saturated carbocycles. The zero-order chi connectivity index (χ0) is 24.9. The topological polar surface area (TPSA) is 96.3 Å². The number of aromatic amines is 1. The van der Waals surface area contributed by atoms with Crippen molar-refractivity contribution in [3.63, 3.8) is 0 Å².